The van der Waals surface area contributed by atoms with Gasteiger partial charge in [0.05, 0.1) is 0 Å². The molecular weight excluding hydrogens is 230 g/mol. The zero-order valence-corrected chi connectivity index (χ0v) is 12.0. The fraction of sp³-hybridized carbons (Fsp3) is 0.500. The van der Waals surface area contributed by atoms with E-state index in [0.29, 0.717) is 0 Å². The van der Waals surface area contributed by atoms with E-state index >= 15 is 0 Å². The van der Waals surface area contributed by atoms with Crippen LogP contribution in [0.3, 0.4) is 0 Å². The quantitative estimate of drug-likeness (QED) is 0.761. The molecule has 1 aromatic carbocycles. The molecule has 2 nitrogen and oxygen atoms in total. The second-order valence-electron chi connectivity index (χ2n) is 4.93. The lowest BCUT2D eigenvalue weighted by molar-refractivity contribution is -0.129. The molecule has 3 heteroatoms. The molecule has 1 amide bonds. The predicted octanol–water partition coefficient (Wildman–Crippen LogP) is 2.52. The molecule has 0 unspecified atom stereocenters. The van der Waals surface area contributed by atoms with E-state index in [-0.39, 0.29) is 16.8 Å². The smallest absolute Gasteiger partial charge is 0.219 e. The molecule has 1 aliphatic heterocycles. The van der Waals surface area contributed by atoms with Crippen LogP contribution in [0.15, 0.2) is 17.0 Å². The Morgan fingerprint density at radius 2 is 2.06 bits per heavy atom. The van der Waals surface area contributed by atoms with E-state index in [4.69, 9.17) is 0 Å². The summed E-state index contributed by atoms with van der Waals surface area (Å²) in [5.41, 5.74) is 4.28. The summed E-state index contributed by atoms with van der Waals surface area (Å²) in [6.07, 6.45) is 5.61. The van der Waals surface area contributed by atoms with Gasteiger partial charge in [0, 0.05) is 20.0 Å². The average molecular weight is 251 g/mol. The minimum atomic E-state index is -0.0357. The van der Waals surface area contributed by atoms with Crippen molar-refractivity contribution < 1.29 is 4.79 Å². The molecule has 17 heavy (non-hydrogen) atoms. The van der Waals surface area contributed by atoms with Crippen molar-refractivity contribution in [2.45, 2.75) is 31.7 Å². The average Bonchev–Trinajstić information content (AvgIpc) is 2.28. The number of hydrogen-bond acceptors (Lipinski definition) is 1. The molecule has 1 aromatic rings. The summed E-state index contributed by atoms with van der Waals surface area (Å²) >= 11 is 0. The van der Waals surface area contributed by atoms with Crippen molar-refractivity contribution in [2.24, 2.45) is 0 Å². The molecule has 0 saturated heterocycles. The number of fused-ring (bicyclic) bond motifs is 1. The number of carbonyl (C=O) groups excluding carboxylic acids is 1. The third-order valence-corrected chi connectivity index (χ3v) is 5.04. The van der Waals surface area contributed by atoms with Crippen LogP contribution in [-0.2, 0) is 17.8 Å². The van der Waals surface area contributed by atoms with Crippen molar-refractivity contribution in [2.75, 3.05) is 19.1 Å². The minimum Gasteiger partial charge on any atom is -0.338 e. The van der Waals surface area contributed by atoms with E-state index in [9.17, 15) is 4.79 Å². The van der Waals surface area contributed by atoms with Crippen molar-refractivity contribution in [1.82, 2.24) is 4.90 Å². The molecule has 0 N–H and O–H groups in total. The Kier molecular flexibility index (Phi) is 3.48. The highest BCUT2D eigenvalue weighted by Crippen LogP contribution is 2.35. The third-order valence-electron chi connectivity index (χ3n) is 3.59. The molecular formula is C14H21NOS. The molecule has 0 atom stereocenters. The van der Waals surface area contributed by atoms with Crippen LogP contribution in [0.2, 0.25) is 0 Å². The molecule has 94 valence electrons. The monoisotopic (exact) mass is 251 g/mol. The molecule has 0 saturated carbocycles. The molecule has 0 fully saturated rings. The van der Waals surface area contributed by atoms with Gasteiger partial charge in [-0.3, -0.25) is 4.79 Å². The van der Waals surface area contributed by atoms with Gasteiger partial charge >= 0.3 is 0 Å². The van der Waals surface area contributed by atoms with E-state index in [1.165, 1.54) is 21.6 Å². The van der Waals surface area contributed by atoms with Gasteiger partial charge in [0.2, 0.25) is 5.91 Å². The Hall–Kier alpha value is -0.960. The maximum Gasteiger partial charge on any atom is 0.219 e. The lowest BCUT2D eigenvalue weighted by Crippen LogP contribution is -2.34. The van der Waals surface area contributed by atoms with Crippen LogP contribution >= 0.6 is 10.9 Å². The van der Waals surface area contributed by atoms with Gasteiger partial charge < -0.3 is 4.90 Å². The highest BCUT2D eigenvalue weighted by molar-refractivity contribution is 8.15. The summed E-state index contributed by atoms with van der Waals surface area (Å²) in [5, 5.41) is 0. The molecule has 0 bridgehead atoms. The fourth-order valence-corrected chi connectivity index (χ4v) is 3.76. The van der Waals surface area contributed by atoms with Crippen molar-refractivity contribution in [3.8, 4) is 0 Å². The normalized spacial score (nSPS) is 15.5. The zero-order valence-electron chi connectivity index (χ0n) is 11.1. The van der Waals surface area contributed by atoms with Gasteiger partial charge in [0.15, 0.2) is 0 Å². The first-order chi connectivity index (χ1) is 8.00. The van der Waals surface area contributed by atoms with Gasteiger partial charge in [-0.25, -0.2) is 10.9 Å². The number of rotatable bonds is 1. The minimum absolute atomic E-state index is 0.0357. The predicted molar refractivity (Wildman–Crippen MR) is 75.1 cm³/mol. The van der Waals surface area contributed by atoms with Crippen LogP contribution in [-0.4, -0.2) is 29.9 Å². The number of benzene rings is 1. The highest BCUT2D eigenvalue weighted by Gasteiger charge is 2.20. The molecule has 1 aliphatic rings. The Balaban J connectivity index is 2.37. The number of carbonyl (C=O) groups is 1. The van der Waals surface area contributed by atoms with Crippen LogP contribution in [0.25, 0.3) is 0 Å². The summed E-state index contributed by atoms with van der Waals surface area (Å²) < 4.78 is 0. The number of amides is 1. The van der Waals surface area contributed by atoms with Crippen LogP contribution in [0.5, 0.6) is 0 Å². The summed E-state index contributed by atoms with van der Waals surface area (Å²) in [7, 11) is -0.0357. The molecule has 2 rings (SSSR count). The fourth-order valence-electron chi connectivity index (χ4n) is 2.58. The maximum atomic E-state index is 11.4. The van der Waals surface area contributed by atoms with Gasteiger partial charge in [0.1, 0.15) is 0 Å². The standard InChI is InChI=1S/C14H21NOS/c1-10-13-7-8-15(11(2)16)9-12(13)5-6-14(10)17(3)4/h5-6,17H,7-9H2,1-4H3. The third kappa shape index (κ3) is 2.34. The topological polar surface area (TPSA) is 20.3 Å². The first-order valence-electron chi connectivity index (χ1n) is 6.05. The Morgan fingerprint density at radius 1 is 1.35 bits per heavy atom. The number of hydrogen-bond donors (Lipinski definition) is 1. The molecule has 0 aromatic heterocycles. The summed E-state index contributed by atoms with van der Waals surface area (Å²) in [6.45, 7) is 5.55. The van der Waals surface area contributed by atoms with Crippen molar-refractivity contribution in [3.05, 3.63) is 28.8 Å². The SMILES string of the molecule is CC(=O)N1CCc2c(ccc([SH](C)C)c2C)C1. The first kappa shape index (κ1) is 12.5. The van der Waals surface area contributed by atoms with Crippen molar-refractivity contribution in [3.63, 3.8) is 0 Å². The van der Waals surface area contributed by atoms with Gasteiger partial charge in [-0.1, -0.05) is 6.07 Å². The van der Waals surface area contributed by atoms with Crippen molar-refractivity contribution in [1.29, 1.82) is 0 Å². The van der Waals surface area contributed by atoms with Gasteiger partial charge in [-0.15, -0.1) is 0 Å². The first-order valence-corrected chi connectivity index (χ1v) is 8.28. The lowest BCUT2D eigenvalue weighted by Gasteiger charge is -2.30. The Labute approximate surface area is 106 Å². The van der Waals surface area contributed by atoms with E-state index in [2.05, 4.69) is 31.6 Å². The molecule has 0 spiro atoms. The van der Waals surface area contributed by atoms with Gasteiger partial charge in [-0.2, -0.15) is 0 Å². The summed E-state index contributed by atoms with van der Waals surface area (Å²) in [6, 6.07) is 4.47. The number of thiol groups is 1. The summed E-state index contributed by atoms with van der Waals surface area (Å²) in [5.74, 6) is 0.186. The van der Waals surface area contributed by atoms with Crippen molar-refractivity contribution >= 4 is 16.8 Å². The number of nitrogens with zero attached hydrogens (tertiary/aromatic N) is 1. The Morgan fingerprint density at radius 3 is 2.65 bits per heavy atom. The lowest BCUT2D eigenvalue weighted by atomic mass is 9.95. The second kappa shape index (κ2) is 4.73. The maximum absolute atomic E-state index is 11.4. The van der Waals surface area contributed by atoms with E-state index in [1.807, 2.05) is 4.90 Å². The van der Waals surface area contributed by atoms with Crippen LogP contribution < -0.4 is 0 Å². The van der Waals surface area contributed by atoms with Crippen LogP contribution in [0, 0.1) is 6.92 Å². The molecule has 1 heterocycles. The van der Waals surface area contributed by atoms with Crippen LogP contribution in [0.1, 0.15) is 23.6 Å². The summed E-state index contributed by atoms with van der Waals surface area (Å²) in [4.78, 5) is 14.8. The Bertz CT molecular complexity index is 454. The molecule has 0 radical (unpaired) electrons. The van der Waals surface area contributed by atoms with Gasteiger partial charge in [-0.05, 0) is 53.5 Å². The van der Waals surface area contributed by atoms with E-state index in [0.717, 1.165) is 19.5 Å². The largest absolute Gasteiger partial charge is 0.338 e. The second-order valence-corrected chi connectivity index (χ2v) is 7.20. The van der Waals surface area contributed by atoms with E-state index < -0.39 is 0 Å². The van der Waals surface area contributed by atoms with Gasteiger partial charge in [0.25, 0.3) is 0 Å². The van der Waals surface area contributed by atoms with E-state index in [1.54, 1.807) is 6.92 Å². The van der Waals surface area contributed by atoms with Crippen LogP contribution in [0.4, 0.5) is 0 Å². The zero-order chi connectivity index (χ0) is 12.6. The highest BCUT2D eigenvalue weighted by atomic mass is 32.2. The molecule has 0 aliphatic carbocycles.